The van der Waals surface area contributed by atoms with Crippen molar-refractivity contribution in [2.75, 3.05) is 43.0 Å². The number of hydrogen-bond donors (Lipinski definition) is 2. The molecule has 0 aliphatic carbocycles. The van der Waals surface area contributed by atoms with E-state index in [-0.39, 0.29) is 30.0 Å². The van der Waals surface area contributed by atoms with Gasteiger partial charge in [-0.15, -0.1) is 0 Å². The smallest absolute Gasteiger partial charge is 0.338 e. The van der Waals surface area contributed by atoms with Crippen molar-refractivity contribution in [3.05, 3.63) is 23.8 Å². The van der Waals surface area contributed by atoms with E-state index in [1.54, 1.807) is 32.0 Å². The number of nitrogens with one attached hydrogen (secondary N) is 2. The molecular formula is C20H26N4O5. The molecule has 156 valence electrons. The lowest BCUT2D eigenvalue weighted by molar-refractivity contribution is -0.138. The molecular weight excluding hydrogens is 376 g/mol. The summed E-state index contributed by atoms with van der Waals surface area (Å²) < 4.78 is 5.13. The lowest BCUT2D eigenvalue weighted by Gasteiger charge is -2.33. The highest BCUT2D eigenvalue weighted by atomic mass is 16.5. The fourth-order valence-corrected chi connectivity index (χ4v) is 3.66. The van der Waals surface area contributed by atoms with Crippen LogP contribution in [0.1, 0.15) is 37.0 Å². The zero-order valence-electron chi connectivity index (χ0n) is 16.7. The summed E-state index contributed by atoms with van der Waals surface area (Å²) in [5, 5.41) is 5.47. The maximum absolute atomic E-state index is 12.4. The molecule has 1 aromatic carbocycles. The van der Waals surface area contributed by atoms with Gasteiger partial charge in [-0.3, -0.25) is 14.4 Å². The van der Waals surface area contributed by atoms with Gasteiger partial charge in [0.1, 0.15) is 6.04 Å². The number of likely N-dealkylation sites (N-methyl/N-ethyl adjacent to an activating group) is 2. The summed E-state index contributed by atoms with van der Waals surface area (Å²) in [7, 11) is 0. The summed E-state index contributed by atoms with van der Waals surface area (Å²) >= 11 is 0. The monoisotopic (exact) mass is 402 g/mol. The second kappa shape index (κ2) is 8.93. The second-order valence-electron chi connectivity index (χ2n) is 7.01. The van der Waals surface area contributed by atoms with Crippen molar-refractivity contribution in [1.29, 1.82) is 0 Å². The summed E-state index contributed by atoms with van der Waals surface area (Å²) in [6, 6.07) is 4.84. The maximum atomic E-state index is 12.4. The molecule has 0 spiro atoms. The minimum atomic E-state index is -0.659. The van der Waals surface area contributed by atoms with Crippen molar-refractivity contribution >= 4 is 35.1 Å². The predicted molar refractivity (Wildman–Crippen MR) is 107 cm³/mol. The number of nitrogens with zero attached hydrogens (tertiary/aromatic N) is 2. The first-order valence-electron chi connectivity index (χ1n) is 9.87. The Morgan fingerprint density at radius 3 is 2.83 bits per heavy atom. The Balaban J connectivity index is 1.61. The van der Waals surface area contributed by atoms with E-state index in [4.69, 9.17) is 4.74 Å². The quantitative estimate of drug-likeness (QED) is 0.652. The normalized spacial score (nSPS) is 17.1. The molecule has 9 nitrogen and oxygen atoms in total. The molecule has 3 rings (SSSR count). The van der Waals surface area contributed by atoms with Crippen LogP contribution in [0.5, 0.6) is 0 Å². The Labute approximate surface area is 169 Å². The maximum Gasteiger partial charge on any atom is 0.338 e. The Morgan fingerprint density at radius 1 is 1.31 bits per heavy atom. The van der Waals surface area contributed by atoms with Crippen LogP contribution in [-0.4, -0.2) is 67.4 Å². The van der Waals surface area contributed by atoms with Crippen LogP contribution in [0.4, 0.5) is 11.4 Å². The summed E-state index contributed by atoms with van der Waals surface area (Å²) in [4.78, 5) is 51.9. The fourth-order valence-electron chi connectivity index (χ4n) is 3.66. The predicted octanol–water partition coefficient (Wildman–Crippen LogP) is 0.749. The number of rotatable bonds is 7. The topological polar surface area (TPSA) is 108 Å². The number of carbonyl (C=O) groups excluding carboxylic acids is 4. The molecule has 2 aliphatic rings. The van der Waals surface area contributed by atoms with Crippen LogP contribution < -0.4 is 15.5 Å². The van der Waals surface area contributed by atoms with E-state index in [1.165, 1.54) is 4.90 Å². The van der Waals surface area contributed by atoms with Crippen LogP contribution in [0.15, 0.2) is 18.2 Å². The lowest BCUT2D eigenvalue weighted by Crippen LogP contribution is -2.44. The first kappa shape index (κ1) is 20.6. The Hall–Kier alpha value is -3.10. The van der Waals surface area contributed by atoms with Crippen molar-refractivity contribution in [3.8, 4) is 0 Å². The molecule has 1 fully saturated rings. The van der Waals surface area contributed by atoms with Gasteiger partial charge in [0, 0.05) is 19.6 Å². The van der Waals surface area contributed by atoms with Gasteiger partial charge in [-0.05, 0) is 44.9 Å². The molecule has 0 bridgehead atoms. The lowest BCUT2D eigenvalue weighted by atomic mass is 10.1. The first-order valence-corrected chi connectivity index (χ1v) is 9.87. The molecule has 3 amide bonds. The highest BCUT2D eigenvalue weighted by molar-refractivity contribution is 6.05. The molecule has 29 heavy (non-hydrogen) atoms. The van der Waals surface area contributed by atoms with Gasteiger partial charge < -0.3 is 25.2 Å². The van der Waals surface area contributed by atoms with E-state index in [2.05, 4.69) is 10.6 Å². The standard InChI is InChI=1S/C20H26N4O5/c1-3-21-17(25)11-23(4-2)18(26)12-29-20(28)13-7-8-15-14(10-13)22-19(27)16-6-5-9-24(15)16/h7-8,10,16H,3-6,9,11-12H2,1-2H3,(H,21,25)(H,22,27)/t16-/m1/s1. The second-order valence-corrected chi connectivity index (χ2v) is 7.01. The summed E-state index contributed by atoms with van der Waals surface area (Å²) in [5.41, 5.74) is 1.71. The van der Waals surface area contributed by atoms with Gasteiger partial charge in [0.25, 0.3) is 5.91 Å². The number of ether oxygens (including phenoxy) is 1. The third-order valence-corrected chi connectivity index (χ3v) is 5.12. The van der Waals surface area contributed by atoms with Crippen LogP contribution in [0, 0.1) is 0 Å². The minimum absolute atomic E-state index is 0.0698. The zero-order chi connectivity index (χ0) is 21.0. The Kier molecular flexibility index (Phi) is 6.36. The molecule has 0 saturated carbocycles. The van der Waals surface area contributed by atoms with E-state index in [1.807, 2.05) is 4.90 Å². The highest BCUT2D eigenvalue weighted by Gasteiger charge is 2.36. The van der Waals surface area contributed by atoms with E-state index in [0.29, 0.717) is 18.8 Å². The van der Waals surface area contributed by atoms with E-state index < -0.39 is 18.5 Å². The van der Waals surface area contributed by atoms with Gasteiger partial charge in [-0.25, -0.2) is 4.79 Å². The van der Waals surface area contributed by atoms with E-state index in [0.717, 1.165) is 25.1 Å². The summed E-state index contributed by atoms with van der Waals surface area (Å²) in [5.74, 6) is -1.44. The van der Waals surface area contributed by atoms with Gasteiger partial charge in [0.15, 0.2) is 6.61 Å². The first-order chi connectivity index (χ1) is 13.9. The number of carbonyl (C=O) groups is 4. The van der Waals surface area contributed by atoms with Crippen LogP contribution in [0.25, 0.3) is 0 Å². The molecule has 2 heterocycles. The highest BCUT2D eigenvalue weighted by Crippen LogP contribution is 2.37. The van der Waals surface area contributed by atoms with E-state index >= 15 is 0 Å². The number of benzene rings is 1. The third-order valence-electron chi connectivity index (χ3n) is 5.12. The van der Waals surface area contributed by atoms with E-state index in [9.17, 15) is 19.2 Å². The third kappa shape index (κ3) is 4.49. The molecule has 0 unspecified atom stereocenters. The number of esters is 1. The summed E-state index contributed by atoms with van der Waals surface area (Å²) in [6.07, 6.45) is 1.77. The van der Waals surface area contributed by atoms with Gasteiger partial charge >= 0.3 is 5.97 Å². The van der Waals surface area contributed by atoms with Crippen molar-refractivity contribution in [1.82, 2.24) is 10.2 Å². The number of fused-ring (bicyclic) bond motifs is 3. The van der Waals surface area contributed by atoms with Crippen LogP contribution in [-0.2, 0) is 19.1 Å². The van der Waals surface area contributed by atoms with Gasteiger partial charge in [0.2, 0.25) is 11.8 Å². The van der Waals surface area contributed by atoms with Gasteiger partial charge in [-0.2, -0.15) is 0 Å². The molecule has 1 atom stereocenters. The average Bonchev–Trinajstić information content (AvgIpc) is 3.20. The Morgan fingerprint density at radius 2 is 2.10 bits per heavy atom. The van der Waals surface area contributed by atoms with Crippen LogP contribution >= 0.6 is 0 Å². The van der Waals surface area contributed by atoms with Gasteiger partial charge in [0.05, 0.1) is 23.5 Å². The molecule has 2 N–H and O–H groups in total. The van der Waals surface area contributed by atoms with Crippen molar-refractivity contribution in [3.63, 3.8) is 0 Å². The molecule has 2 aliphatic heterocycles. The van der Waals surface area contributed by atoms with Crippen LogP contribution in [0.3, 0.4) is 0 Å². The van der Waals surface area contributed by atoms with Crippen molar-refractivity contribution in [2.24, 2.45) is 0 Å². The Bertz CT molecular complexity index is 825. The molecule has 0 aromatic heterocycles. The summed E-state index contributed by atoms with van der Waals surface area (Å²) in [6.45, 7) is 4.62. The number of anilines is 2. The van der Waals surface area contributed by atoms with Crippen LogP contribution in [0.2, 0.25) is 0 Å². The number of amides is 3. The van der Waals surface area contributed by atoms with Crippen molar-refractivity contribution < 1.29 is 23.9 Å². The largest absolute Gasteiger partial charge is 0.452 e. The number of hydrogen-bond acceptors (Lipinski definition) is 6. The minimum Gasteiger partial charge on any atom is -0.452 e. The SMILES string of the molecule is CCNC(=O)CN(CC)C(=O)COC(=O)c1ccc2c(c1)NC(=O)[C@H]1CCCN21. The fraction of sp³-hybridized carbons (Fsp3) is 0.500. The molecule has 9 heteroatoms. The zero-order valence-corrected chi connectivity index (χ0v) is 16.7. The van der Waals surface area contributed by atoms with Gasteiger partial charge in [-0.1, -0.05) is 0 Å². The molecule has 1 saturated heterocycles. The van der Waals surface area contributed by atoms with Crippen molar-refractivity contribution in [2.45, 2.75) is 32.7 Å². The molecule has 0 radical (unpaired) electrons. The molecule has 1 aromatic rings. The average molecular weight is 402 g/mol.